The molecule has 2 aliphatic heterocycles. The van der Waals surface area contributed by atoms with Crippen molar-refractivity contribution in [3.63, 3.8) is 0 Å². The number of ether oxygens (including phenoxy) is 1. The average Bonchev–Trinajstić information content (AvgIpc) is 3.31. The zero-order valence-electron chi connectivity index (χ0n) is 19.3. The molecule has 178 valence electrons. The zero-order valence-corrected chi connectivity index (χ0v) is 19.3. The van der Waals surface area contributed by atoms with Crippen LogP contribution in [0.3, 0.4) is 0 Å². The minimum absolute atomic E-state index is 0.202. The predicted molar refractivity (Wildman–Crippen MR) is 122 cm³/mol. The molecule has 0 aliphatic carbocycles. The molecule has 2 aromatic rings. The number of carbonyl (C=O) groups excluding carboxylic acids is 4. The summed E-state index contributed by atoms with van der Waals surface area (Å²) in [4.78, 5) is 53.7. The molecule has 1 N–H and O–H groups in total. The number of nitrogens with one attached hydrogen (secondary N) is 1. The van der Waals surface area contributed by atoms with Gasteiger partial charge in [-0.3, -0.25) is 24.5 Å². The fourth-order valence-corrected chi connectivity index (χ4v) is 5.26. The third-order valence-electron chi connectivity index (χ3n) is 6.85. The Balaban J connectivity index is 1.87. The second-order valence-electron chi connectivity index (χ2n) is 8.87. The van der Waals surface area contributed by atoms with Gasteiger partial charge in [-0.25, -0.2) is 9.29 Å². The highest BCUT2D eigenvalue weighted by atomic mass is 19.1. The van der Waals surface area contributed by atoms with E-state index in [2.05, 4.69) is 5.32 Å². The van der Waals surface area contributed by atoms with Gasteiger partial charge in [-0.15, -0.1) is 0 Å². The fourth-order valence-electron chi connectivity index (χ4n) is 5.26. The summed E-state index contributed by atoms with van der Waals surface area (Å²) < 4.78 is 19.2. The van der Waals surface area contributed by atoms with Gasteiger partial charge in [0, 0.05) is 11.6 Å². The van der Waals surface area contributed by atoms with Crippen LogP contribution in [0.1, 0.15) is 55.1 Å². The molecule has 4 atom stereocenters. The van der Waals surface area contributed by atoms with Crippen LogP contribution in [0.5, 0.6) is 0 Å². The summed E-state index contributed by atoms with van der Waals surface area (Å²) in [7, 11) is 1.25. The summed E-state index contributed by atoms with van der Waals surface area (Å²) in [5, 5.41) is 3.23. The molecular formula is C26H27FN2O5. The molecule has 2 saturated heterocycles. The number of unbranched alkanes of at least 4 members (excludes halogenated alkanes) is 1. The minimum atomic E-state index is -1.44. The van der Waals surface area contributed by atoms with E-state index in [1.807, 2.05) is 6.92 Å². The number of rotatable bonds is 7. The quantitative estimate of drug-likeness (QED) is 0.381. The van der Waals surface area contributed by atoms with Crippen molar-refractivity contribution in [2.75, 3.05) is 12.0 Å². The Kier molecular flexibility index (Phi) is 6.36. The summed E-state index contributed by atoms with van der Waals surface area (Å²) in [5.41, 5.74) is -0.339. The molecular weight excluding hydrogens is 439 g/mol. The second kappa shape index (κ2) is 9.10. The smallest absolute Gasteiger partial charge is 0.326 e. The summed E-state index contributed by atoms with van der Waals surface area (Å²) >= 11 is 0. The molecule has 8 heteroatoms. The molecule has 34 heavy (non-hydrogen) atoms. The van der Waals surface area contributed by atoms with E-state index in [0.717, 1.165) is 11.3 Å². The molecule has 0 aromatic heterocycles. The van der Waals surface area contributed by atoms with Crippen LogP contribution in [0.4, 0.5) is 10.1 Å². The summed E-state index contributed by atoms with van der Waals surface area (Å²) in [5.74, 6) is -4.33. The number of halogens is 1. The Morgan fingerprint density at radius 2 is 1.85 bits per heavy atom. The molecule has 4 rings (SSSR count). The summed E-state index contributed by atoms with van der Waals surface area (Å²) in [6, 6.07) is 11.3. The fraction of sp³-hybridized carbons (Fsp3) is 0.385. The van der Waals surface area contributed by atoms with E-state index >= 15 is 0 Å². The van der Waals surface area contributed by atoms with Crippen molar-refractivity contribution in [2.24, 2.45) is 11.8 Å². The van der Waals surface area contributed by atoms with Crippen molar-refractivity contribution in [1.29, 1.82) is 0 Å². The van der Waals surface area contributed by atoms with Crippen LogP contribution in [0.25, 0.3) is 0 Å². The first-order valence-electron chi connectivity index (χ1n) is 11.4. The molecule has 2 fully saturated rings. The summed E-state index contributed by atoms with van der Waals surface area (Å²) in [6.45, 7) is 3.36. The van der Waals surface area contributed by atoms with Gasteiger partial charge in [-0.2, -0.15) is 0 Å². The zero-order chi connectivity index (χ0) is 24.6. The maximum atomic E-state index is 14.1. The summed E-state index contributed by atoms with van der Waals surface area (Å²) in [6.07, 6.45) is 1.65. The van der Waals surface area contributed by atoms with E-state index in [9.17, 15) is 23.6 Å². The van der Waals surface area contributed by atoms with Crippen molar-refractivity contribution in [2.45, 2.75) is 44.7 Å². The number of fused-ring (bicyclic) bond motifs is 1. The number of nitrogens with zero attached hydrogens (tertiary/aromatic N) is 1. The van der Waals surface area contributed by atoms with Gasteiger partial charge in [0.2, 0.25) is 11.8 Å². The molecule has 0 spiro atoms. The number of ketones is 1. The second-order valence-corrected chi connectivity index (χ2v) is 8.87. The number of imide groups is 1. The highest BCUT2D eigenvalue weighted by Crippen LogP contribution is 2.51. The Hall–Kier alpha value is -3.39. The third kappa shape index (κ3) is 3.72. The first-order chi connectivity index (χ1) is 16.2. The molecule has 0 radical (unpaired) electrons. The van der Waals surface area contributed by atoms with Crippen molar-refractivity contribution in [3.8, 4) is 0 Å². The van der Waals surface area contributed by atoms with Crippen LogP contribution < -0.4 is 10.2 Å². The van der Waals surface area contributed by atoms with E-state index in [-0.39, 0.29) is 17.9 Å². The van der Waals surface area contributed by atoms with Gasteiger partial charge in [0.1, 0.15) is 11.4 Å². The van der Waals surface area contributed by atoms with Crippen LogP contribution in [-0.4, -0.2) is 36.2 Å². The Morgan fingerprint density at radius 1 is 1.12 bits per heavy atom. The monoisotopic (exact) mass is 466 g/mol. The van der Waals surface area contributed by atoms with Gasteiger partial charge in [0.25, 0.3) is 0 Å². The molecule has 2 amide bonds. The van der Waals surface area contributed by atoms with E-state index in [1.54, 1.807) is 24.3 Å². The molecule has 7 nitrogen and oxygen atoms in total. The molecule has 0 saturated carbocycles. The van der Waals surface area contributed by atoms with E-state index in [4.69, 9.17) is 4.74 Å². The predicted octanol–water partition coefficient (Wildman–Crippen LogP) is 3.58. The molecule has 2 heterocycles. The molecule has 0 bridgehead atoms. The lowest BCUT2D eigenvalue weighted by Crippen LogP contribution is -2.56. The van der Waals surface area contributed by atoms with Crippen molar-refractivity contribution < 1.29 is 28.3 Å². The van der Waals surface area contributed by atoms with E-state index in [0.29, 0.717) is 17.5 Å². The van der Waals surface area contributed by atoms with E-state index < -0.39 is 47.0 Å². The maximum absolute atomic E-state index is 14.1. The number of carbonyl (C=O) groups is 4. The third-order valence-corrected chi connectivity index (χ3v) is 6.85. The van der Waals surface area contributed by atoms with Gasteiger partial charge in [0.05, 0.1) is 24.6 Å². The minimum Gasteiger partial charge on any atom is -0.468 e. The van der Waals surface area contributed by atoms with Crippen LogP contribution >= 0.6 is 0 Å². The lowest BCUT2D eigenvalue weighted by atomic mass is 9.76. The lowest BCUT2D eigenvalue weighted by molar-refractivity contribution is -0.152. The van der Waals surface area contributed by atoms with Crippen LogP contribution in [-0.2, 0) is 19.1 Å². The number of Topliss-reactive ketones (excluding diaryl/α,β-unsaturated/α-hetero) is 1. The Morgan fingerprint density at radius 3 is 2.50 bits per heavy atom. The standard InChI is InChI=1S/C26H27FN2O5/c1-4-5-12-26(25(33)34-3)21-20(22(28-26)17-9-6-10-18(27)13-17)23(31)29(24(21)32)19-11-7-8-16(14-19)15(2)30/h6-11,13-14,20-22,28H,4-5,12H2,1-3H3/t20-,21+,22-,26-/m0/s1. The highest BCUT2D eigenvalue weighted by Gasteiger charge is 2.68. The maximum Gasteiger partial charge on any atom is 0.326 e. The van der Waals surface area contributed by atoms with Gasteiger partial charge in [-0.1, -0.05) is 44.0 Å². The first-order valence-corrected chi connectivity index (χ1v) is 11.4. The van der Waals surface area contributed by atoms with Crippen LogP contribution in [0.15, 0.2) is 48.5 Å². The van der Waals surface area contributed by atoms with Gasteiger partial charge >= 0.3 is 5.97 Å². The SMILES string of the molecule is CCCC[C@]1(C(=O)OC)N[C@@H](c2cccc(F)c2)[C@H]2C(=O)N(c3cccc(C(C)=O)c3)C(=O)[C@@H]21. The topological polar surface area (TPSA) is 92.8 Å². The van der Waals surface area contributed by atoms with E-state index in [1.165, 1.54) is 38.3 Å². The molecule has 2 aromatic carbocycles. The number of benzene rings is 2. The van der Waals surface area contributed by atoms with Crippen molar-refractivity contribution in [1.82, 2.24) is 5.32 Å². The van der Waals surface area contributed by atoms with Crippen molar-refractivity contribution in [3.05, 3.63) is 65.5 Å². The van der Waals surface area contributed by atoms with Gasteiger partial charge in [0.15, 0.2) is 5.78 Å². The number of methoxy groups -OCH3 is 1. The normalized spacial score (nSPS) is 26.0. The number of hydrogen-bond donors (Lipinski definition) is 1. The largest absolute Gasteiger partial charge is 0.468 e. The van der Waals surface area contributed by atoms with Crippen LogP contribution in [0, 0.1) is 17.7 Å². The first kappa shape index (κ1) is 23.8. The number of anilines is 1. The number of amides is 2. The Bertz CT molecular complexity index is 1170. The Labute approximate surface area is 197 Å². The lowest BCUT2D eigenvalue weighted by Gasteiger charge is -2.32. The molecule has 2 aliphatic rings. The van der Waals surface area contributed by atoms with Crippen molar-refractivity contribution >= 4 is 29.3 Å². The number of hydrogen-bond acceptors (Lipinski definition) is 6. The number of esters is 1. The van der Waals surface area contributed by atoms with Gasteiger partial charge in [-0.05, 0) is 43.2 Å². The molecule has 0 unspecified atom stereocenters. The van der Waals surface area contributed by atoms with Crippen LogP contribution in [0.2, 0.25) is 0 Å². The average molecular weight is 467 g/mol. The highest BCUT2D eigenvalue weighted by molar-refractivity contribution is 6.24. The van der Waals surface area contributed by atoms with Gasteiger partial charge < -0.3 is 4.74 Å².